The first-order valence-corrected chi connectivity index (χ1v) is 9.00. The average molecular weight is 355 g/mol. The van der Waals surface area contributed by atoms with Gasteiger partial charge >= 0.3 is 0 Å². The molecule has 1 aliphatic heterocycles. The van der Waals surface area contributed by atoms with Gasteiger partial charge < -0.3 is 20.1 Å². The summed E-state index contributed by atoms with van der Waals surface area (Å²) in [5.74, 6) is 0.376. The number of pyridine rings is 1. The summed E-state index contributed by atoms with van der Waals surface area (Å²) in [5.41, 5.74) is 1.86. The Kier molecular flexibility index (Phi) is 6.07. The Morgan fingerprint density at radius 2 is 2.15 bits per heavy atom. The molecule has 0 radical (unpaired) electrons. The van der Waals surface area contributed by atoms with Crippen molar-refractivity contribution in [3.05, 3.63) is 48.3 Å². The molecule has 2 N–H and O–H groups in total. The van der Waals surface area contributed by atoms with Crippen LogP contribution in [0.25, 0.3) is 0 Å². The van der Waals surface area contributed by atoms with Crippen LogP contribution in [-0.2, 0) is 4.74 Å². The summed E-state index contributed by atoms with van der Waals surface area (Å²) in [6.07, 6.45) is 4.15. The maximum absolute atomic E-state index is 12.5. The molecule has 0 spiro atoms. The summed E-state index contributed by atoms with van der Waals surface area (Å²) in [5, 5.41) is 6.16. The zero-order chi connectivity index (χ0) is 18.4. The molecule has 1 fully saturated rings. The number of nitrogens with one attached hydrogen (secondary N) is 2. The van der Waals surface area contributed by atoms with E-state index in [0.29, 0.717) is 17.1 Å². The second kappa shape index (κ2) is 8.67. The Morgan fingerprint density at radius 3 is 2.85 bits per heavy atom. The first-order chi connectivity index (χ1) is 12.6. The van der Waals surface area contributed by atoms with Crippen LogP contribution in [0.5, 0.6) is 5.75 Å². The van der Waals surface area contributed by atoms with E-state index in [9.17, 15) is 4.79 Å². The molecule has 1 unspecified atom stereocenters. The number of hydrogen-bond acceptors (Lipinski definition) is 5. The molecule has 6 nitrogen and oxygen atoms in total. The molecule has 0 saturated carbocycles. The fraction of sp³-hybridized carbons (Fsp3) is 0.400. The Morgan fingerprint density at radius 1 is 1.31 bits per heavy atom. The molecule has 2 aromatic rings. The molecule has 1 aromatic heterocycles. The summed E-state index contributed by atoms with van der Waals surface area (Å²) < 4.78 is 11.3. The highest BCUT2D eigenvalue weighted by Crippen LogP contribution is 2.25. The van der Waals surface area contributed by atoms with E-state index >= 15 is 0 Å². The van der Waals surface area contributed by atoms with Gasteiger partial charge in [0.1, 0.15) is 11.4 Å². The number of aromatic nitrogens is 1. The molecule has 1 atom stereocenters. The maximum Gasteiger partial charge on any atom is 0.274 e. The number of ether oxygens (including phenoxy) is 2. The second-order valence-corrected chi connectivity index (χ2v) is 6.56. The molecule has 1 aromatic carbocycles. The third-order valence-corrected chi connectivity index (χ3v) is 4.05. The minimum atomic E-state index is -0.268. The number of carbonyl (C=O) groups excluding carboxylic acids is 1. The number of para-hydroxylation sites is 2. The lowest BCUT2D eigenvalue weighted by atomic mass is 10.2. The first-order valence-electron chi connectivity index (χ1n) is 9.00. The summed E-state index contributed by atoms with van der Waals surface area (Å²) in [4.78, 5) is 16.7. The van der Waals surface area contributed by atoms with E-state index in [1.165, 1.54) is 0 Å². The number of carbonyl (C=O) groups is 1. The smallest absolute Gasteiger partial charge is 0.274 e. The standard InChI is InChI=1S/C20H25N3O3/c1-14(2)26-19-8-4-3-7-17(19)23-20(24)18-10-9-15(12-22-18)21-13-16-6-5-11-25-16/h3-4,7-10,12,14,16,21H,5-6,11,13H2,1-2H3,(H,23,24). The molecule has 2 heterocycles. The van der Waals surface area contributed by atoms with Crippen molar-refractivity contribution in [1.29, 1.82) is 0 Å². The van der Waals surface area contributed by atoms with E-state index in [2.05, 4.69) is 15.6 Å². The molecular weight excluding hydrogens is 330 g/mol. The fourth-order valence-corrected chi connectivity index (χ4v) is 2.78. The van der Waals surface area contributed by atoms with Crippen molar-refractivity contribution in [2.45, 2.75) is 38.9 Å². The Hall–Kier alpha value is -2.60. The van der Waals surface area contributed by atoms with Gasteiger partial charge in [-0.25, -0.2) is 4.98 Å². The van der Waals surface area contributed by atoms with Crippen LogP contribution in [0.1, 0.15) is 37.2 Å². The Labute approximate surface area is 153 Å². The van der Waals surface area contributed by atoms with E-state index in [1.807, 2.05) is 44.2 Å². The molecule has 1 aliphatic rings. The van der Waals surface area contributed by atoms with Crippen LogP contribution >= 0.6 is 0 Å². The zero-order valence-electron chi connectivity index (χ0n) is 15.2. The van der Waals surface area contributed by atoms with Gasteiger partial charge in [-0.1, -0.05) is 12.1 Å². The van der Waals surface area contributed by atoms with E-state index in [1.54, 1.807) is 12.3 Å². The number of hydrogen-bond donors (Lipinski definition) is 2. The second-order valence-electron chi connectivity index (χ2n) is 6.56. The van der Waals surface area contributed by atoms with E-state index in [0.717, 1.165) is 31.7 Å². The van der Waals surface area contributed by atoms with Gasteiger partial charge in [-0.2, -0.15) is 0 Å². The normalized spacial score (nSPS) is 16.5. The van der Waals surface area contributed by atoms with Gasteiger partial charge in [0.15, 0.2) is 0 Å². The summed E-state index contributed by atoms with van der Waals surface area (Å²) in [6.45, 7) is 5.49. The predicted molar refractivity (Wildman–Crippen MR) is 102 cm³/mol. The number of amides is 1. The Balaban J connectivity index is 1.59. The number of benzene rings is 1. The highest BCUT2D eigenvalue weighted by Gasteiger charge is 2.15. The van der Waals surface area contributed by atoms with Crippen molar-refractivity contribution in [1.82, 2.24) is 4.98 Å². The highest BCUT2D eigenvalue weighted by molar-refractivity contribution is 6.03. The molecule has 138 valence electrons. The van der Waals surface area contributed by atoms with Crippen LogP contribution in [0.3, 0.4) is 0 Å². The van der Waals surface area contributed by atoms with Crippen molar-refractivity contribution >= 4 is 17.3 Å². The fourth-order valence-electron chi connectivity index (χ4n) is 2.78. The number of nitrogens with zero attached hydrogens (tertiary/aromatic N) is 1. The van der Waals surface area contributed by atoms with Crippen molar-refractivity contribution in [3.63, 3.8) is 0 Å². The van der Waals surface area contributed by atoms with Gasteiger partial charge in [-0.05, 0) is 51.0 Å². The lowest BCUT2D eigenvalue weighted by Crippen LogP contribution is -2.19. The van der Waals surface area contributed by atoms with E-state index in [4.69, 9.17) is 9.47 Å². The summed E-state index contributed by atoms with van der Waals surface area (Å²) >= 11 is 0. The number of rotatable bonds is 7. The van der Waals surface area contributed by atoms with Crippen molar-refractivity contribution in [3.8, 4) is 5.75 Å². The van der Waals surface area contributed by atoms with Crippen LogP contribution < -0.4 is 15.4 Å². The minimum Gasteiger partial charge on any atom is -0.489 e. The van der Waals surface area contributed by atoms with Gasteiger partial charge in [0.25, 0.3) is 5.91 Å². The predicted octanol–water partition coefficient (Wildman–Crippen LogP) is 3.71. The average Bonchev–Trinajstić information content (AvgIpc) is 3.15. The van der Waals surface area contributed by atoms with Crippen molar-refractivity contribution in [2.24, 2.45) is 0 Å². The first kappa shape index (κ1) is 18.2. The third-order valence-electron chi connectivity index (χ3n) is 4.05. The quantitative estimate of drug-likeness (QED) is 0.792. The lowest BCUT2D eigenvalue weighted by Gasteiger charge is -2.15. The molecular formula is C20H25N3O3. The van der Waals surface area contributed by atoms with E-state index in [-0.39, 0.29) is 18.1 Å². The van der Waals surface area contributed by atoms with Gasteiger partial charge in [-0.15, -0.1) is 0 Å². The Bertz CT molecular complexity index is 725. The molecule has 0 bridgehead atoms. The molecule has 1 amide bonds. The van der Waals surface area contributed by atoms with Crippen LogP contribution in [0, 0.1) is 0 Å². The number of anilines is 2. The van der Waals surface area contributed by atoms with Gasteiger partial charge in [0.2, 0.25) is 0 Å². The van der Waals surface area contributed by atoms with Gasteiger partial charge in [0, 0.05) is 13.2 Å². The topological polar surface area (TPSA) is 72.5 Å². The molecule has 0 aliphatic carbocycles. The minimum absolute atomic E-state index is 0.0281. The third kappa shape index (κ3) is 4.95. The highest BCUT2D eigenvalue weighted by atomic mass is 16.5. The summed E-state index contributed by atoms with van der Waals surface area (Å²) in [7, 11) is 0. The van der Waals surface area contributed by atoms with Crippen LogP contribution in [-0.4, -0.2) is 36.3 Å². The zero-order valence-corrected chi connectivity index (χ0v) is 15.2. The van der Waals surface area contributed by atoms with E-state index < -0.39 is 0 Å². The van der Waals surface area contributed by atoms with Crippen LogP contribution in [0.15, 0.2) is 42.6 Å². The van der Waals surface area contributed by atoms with Crippen LogP contribution in [0.2, 0.25) is 0 Å². The van der Waals surface area contributed by atoms with Crippen molar-refractivity contribution in [2.75, 3.05) is 23.8 Å². The van der Waals surface area contributed by atoms with Crippen molar-refractivity contribution < 1.29 is 14.3 Å². The molecule has 3 rings (SSSR count). The van der Waals surface area contributed by atoms with Gasteiger partial charge in [-0.3, -0.25) is 4.79 Å². The van der Waals surface area contributed by atoms with Crippen LogP contribution in [0.4, 0.5) is 11.4 Å². The monoisotopic (exact) mass is 355 g/mol. The summed E-state index contributed by atoms with van der Waals surface area (Å²) in [6, 6.07) is 10.9. The lowest BCUT2D eigenvalue weighted by molar-refractivity contribution is 0.102. The molecule has 6 heteroatoms. The SMILES string of the molecule is CC(C)Oc1ccccc1NC(=O)c1ccc(NCC2CCCO2)cn1. The molecule has 1 saturated heterocycles. The maximum atomic E-state index is 12.5. The largest absolute Gasteiger partial charge is 0.489 e. The van der Waals surface area contributed by atoms with Gasteiger partial charge in [0.05, 0.1) is 29.8 Å². The molecule has 26 heavy (non-hydrogen) atoms.